The average Bonchev–Trinajstić information content (AvgIpc) is 2.77. The van der Waals surface area contributed by atoms with Gasteiger partial charge >= 0.3 is 0 Å². The summed E-state index contributed by atoms with van der Waals surface area (Å²) in [6, 6.07) is 13.9. The minimum absolute atomic E-state index is 0.465. The molecule has 0 bridgehead atoms. The molecule has 0 saturated heterocycles. The standard InChI is InChI=1S/C17H17N3O/c1-21-16-6-2-4-13-8-10-20(11-9-15(13)16)17-7-3-5-14(12-18)19-17/h2-7H,8-11H2,1H3. The monoisotopic (exact) mass is 279 g/mol. The van der Waals surface area contributed by atoms with Crippen LogP contribution < -0.4 is 9.64 Å². The molecule has 0 saturated carbocycles. The molecular formula is C17H17N3O. The Hall–Kier alpha value is -2.54. The summed E-state index contributed by atoms with van der Waals surface area (Å²) in [6.07, 6.45) is 1.89. The highest BCUT2D eigenvalue weighted by Crippen LogP contribution is 2.27. The molecule has 1 aromatic carbocycles. The lowest BCUT2D eigenvalue weighted by atomic mass is 10.0. The van der Waals surface area contributed by atoms with Crippen molar-refractivity contribution in [1.82, 2.24) is 4.98 Å². The SMILES string of the molecule is COc1cccc2c1CCN(c1cccc(C#N)n1)CC2. The molecule has 0 aliphatic carbocycles. The molecule has 2 heterocycles. The quantitative estimate of drug-likeness (QED) is 0.847. The van der Waals surface area contributed by atoms with Gasteiger partial charge in [0.15, 0.2) is 0 Å². The topological polar surface area (TPSA) is 49.1 Å². The summed E-state index contributed by atoms with van der Waals surface area (Å²) in [7, 11) is 1.72. The van der Waals surface area contributed by atoms with Gasteiger partial charge < -0.3 is 9.64 Å². The molecule has 1 aromatic heterocycles. The third-order valence-corrected chi connectivity index (χ3v) is 3.91. The maximum absolute atomic E-state index is 8.98. The number of anilines is 1. The molecular weight excluding hydrogens is 262 g/mol. The van der Waals surface area contributed by atoms with Crippen molar-refractivity contribution in [3.8, 4) is 11.8 Å². The molecule has 3 rings (SSSR count). The summed E-state index contributed by atoms with van der Waals surface area (Å²) in [6.45, 7) is 1.79. The van der Waals surface area contributed by atoms with Crippen molar-refractivity contribution >= 4 is 5.82 Å². The smallest absolute Gasteiger partial charge is 0.142 e. The van der Waals surface area contributed by atoms with Crippen molar-refractivity contribution in [2.24, 2.45) is 0 Å². The predicted octanol–water partition coefficient (Wildman–Crippen LogP) is 2.57. The van der Waals surface area contributed by atoms with E-state index in [-0.39, 0.29) is 0 Å². The highest BCUT2D eigenvalue weighted by molar-refractivity contribution is 5.47. The van der Waals surface area contributed by atoms with Gasteiger partial charge in [0.05, 0.1) is 7.11 Å². The van der Waals surface area contributed by atoms with E-state index in [9.17, 15) is 0 Å². The Morgan fingerprint density at radius 1 is 1.14 bits per heavy atom. The van der Waals surface area contributed by atoms with Crippen LogP contribution in [0.25, 0.3) is 0 Å². The van der Waals surface area contributed by atoms with Crippen LogP contribution in [0.2, 0.25) is 0 Å². The van der Waals surface area contributed by atoms with E-state index in [1.807, 2.05) is 24.3 Å². The summed E-state index contributed by atoms with van der Waals surface area (Å²) in [5.74, 6) is 1.84. The van der Waals surface area contributed by atoms with Crippen LogP contribution in [0.5, 0.6) is 5.75 Å². The van der Waals surface area contributed by atoms with Gasteiger partial charge in [-0.1, -0.05) is 18.2 Å². The van der Waals surface area contributed by atoms with Gasteiger partial charge in [-0.2, -0.15) is 5.26 Å². The van der Waals surface area contributed by atoms with Crippen molar-refractivity contribution in [1.29, 1.82) is 5.26 Å². The van der Waals surface area contributed by atoms with Crippen molar-refractivity contribution in [2.45, 2.75) is 12.8 Å². The number of hydrogen-bond acceptors (Lipinski definition) is 4. The predicted molar refractivity (Wildman–Crippen MR) is 81.6 cm³/mol. The Bertz CT molecular complexity index is 691. The second kappa shape index (κ2) is 5.84. The molecule has 0 spiro atoms. The van der Waals surface area contributed by atoms with Gasteiger partial charge in [-0.05, 0) is 42.2 Å². The molecule has 1 aliphatic heterocycles. The number of methoxy groups -OCH3 is 1. The molecule has 0 unspecified atom stereocenters. The zero-order chi connectivity index (χ0) is 14.7. The Balaban J connectivity index is 1.86. The maximum atomic E-state index is 8.98. The molecule has 2 aromatic rings. The number of nitrogens with zero attached hydrogens (tertiary/aromatic N) is 3. The fourth-order valence-electron chi connectivity index (χ4n) is 2.83. The van der Waals surface area contributed by atoms with Crippen LogP contribution in [0.15, 0.2) is 36.4 Å². The zero-order valence-corrected chi connectivity index (χ0v) is 12.0. The molecule has 1 aliphatic rings. The summed E-state index contributed by atoms with van der Waals surface area (Å²) in [5.41, 5.74) is 3.10. The number of nitriles is 1. The Morgan fingerprint density at radius 2 is 1.95 bits per heavy atom. The second-order valence-electron chi connectivity index (χ2n) is 5.08. The van der Waals surface area contributed by atoms with E-state index >= 15 is 0 Å². The highest BCUT2D eigenvalue weighted by atomic mass is 16.5. The summed E-state index contributed by atoms with van der Waals surface area (Å²) >= 11 is 0. The summed E-state index contributed by atoms with van der Waals surface area (Å²) < 4.78 is 5.47. The third kappa shape index (κ3) is 2.68. The molecule has 0 N–H and O–H groups in total. The van der Waals surface area contributed by atoms with Crippen LogP contribution in [0, 0.1) is 11.3 Å². The van der Waals surface area contributed by atoms with Gasteiger partial charge in [-0.15, -0.1) is 0 Å². The van der Waals surface area contributed by atoms with E-state index < -0.39 is 0 Å². The van der Waals surface area contributed by atoms with Crippen molar-refractivity contribution in [3.63, 3.8) is 0 Å². The van der Waals surface area contributed by atoms with Crippen molar-refractivity contribution in [3.05, 3.63) is 53.2 Å². The first-order chi connectivity index (χ1) is 10.3. The van der Waals surface area contributed by atoms with Crippen LogP contribution >= 0.6 is 0 Å². The van der Waals surface area contributed by atoms with Crippen LogP contribution in [0.1, 0.15) is 16.8 Å². The molecule has 21 heavy (non-hydrogen) atoms. The van der Waals surface area contributed by atoms with E-state index in [0.717, 1.165) is 37.5 Å². The van der Waals surface area contributed by atoms with Gasteiger partial charge in [0.1, 0.15) is 23.3 Å². The van der Waals surface area contributed by atoms with E-state index in [4.69, 9.17) is 10.00 Å². The summed E-state index contributed by atoms with van der Waals surface area (Å²) in [5, 5.41) is 8.98. The Morgan fingerprint density at radius 3 is 2.76 bits per heavy atom. The average molecular weight is 279 g/mol. The number of hydrogen-bond donors (Lipinski definition) is 0. The van der Waals surface area contributed by atoms with Gasteiger partial charge in [-0.25, -0.2) is 4.98 Å². The third-order valence-electron chi connectivity index (χ3n) is 3.91. The first kappa shape index (κ1) is 13.4. The molecule has 0 atom stereocenters. The van der Waals surface area contributed by atoms with Crippen LogP contribution in [0.4, 0.5) is 5.82 Å². The van der Waals surface area contributed by atoms with Crippen LogP contribution in [-0.4, -0.2) is 25.2 Å². The molecule has 106 valence electrons. The number of benzene rings is 1. The highest BCUT2D eigenvalue weighted by Gasteiger charge is 2.18. The van der Waals surface area contributed by atoms with Crippen LogP contribution in [0.3, 0.4) is 0 Å². The van der Waals surface area contributed by atoms with E-state index in [1.165, 1.54) is 11.1 Å². The minimum Gasteiger partial charge on any atom is -0.496 e. The largest absolute Gasteiger partial charge is 0.496 e. The fraction of sp³-hybridized carbons (Fsp3) is 0.294. The van der Waals surface area contributed by atoms with Gasteiger partial charge in [0.2, 0.25) is 0 Å². The van der Waals surface area contributed by atoms with Crippen molar-refractivity contribution < 1.29 is 4.74 Å². The van der Waals surface area contributed by atoms with Gasteiger partial charge in [0, 0.05) is 13.1 Å². The number of rotatable bonds is 2. The second-order valence-corrected chi connectivity index (χ2v) is 5.08. The minimum atomic E-state index is 0.465. The first-order valence-corrected chi connectivity index (χ1v) is 7.08. The van der Waals surface area contributed by atoms with E-state index in [2.05, 4.69) is 22.0 Å². The fourth-order valence-corrected chi connectivity index (χ4v) is 2.83. The lowest BCUT2D eigenvalue weighted by molar-refractivity contribution is 0.409. The van der Waals surface area contributed by atoms with E-state index in [0.29, 0.717) is 5.69 Å². The van der Waals surface area contributed by atoms with E-state index in [1.54, 1.807) is 13.2 Å². The summed E-state index contributed by atoms with van der Waals surface area (Å²) in [4.78, 5) is 6.63. The number of pyridine rings is 1. The molecule has 4 nitrogen and oxygen atoms in total. The lowest BCUT2D eigenvalue weighted by Gasteiger charge is -2.21. The number of aromatic nitrogens is 1. The Kier molecular flexibility index (Phi) is 3.74. The molecule has 4 heteroatoms. The zero-order valence-electron chi connectivity index (χ0n) is 12.0. The number of ether oxygens (including phenoxy) is 1. The van der Waals surface area contributed by atoms with Gasteiger partial charge in [-0.3, -0.25) is 0 Å². The molecule has 0 fully saturated rings. The van der Waals surface area contributed by atoms with Crippen LogP contribution in [-0.2, 0) is 12.8 Å². The maximum Gasteiger partial charge on any atom is 0.142 e. The Labute approximate surface area is 124 Å². The first-order valence-electron chi connectivity index (χ1n) is 7.08. The normalized spacial score (nSPS) is 14.0. The van der Waals surface area contributed by atoms with Gasteiger partial charge in [0.25, 0.3) is 0 Å². The van der Waals surface area contributed by atoms with Crippen molar-refractivity contribution in [2.75, 3.05) is 25.1 Å². The lowest BCUT2D eigenvalue weighted by Crippen LogP contribution is -2.27. The number of fused-ring (bicyclic) bond motifs is 1. The molecule has 0 radical (unpaired) electrons. The molecule has 0 amide bonds.